The summed E-state index contributed by atoms with van der Waals surface area (Å²) in [5, 5.41) is 11.3. The van der Waals surface area contributed by atoms with Crippen LogP contribution in [0.1, 0.15) is 20.8 Å². The van der Waals surface area contributed by atoms with E-state index in [0.29, 0.717) is 6.54 Å². The third-order valence-electron chi connectivity index (χ3n) is 0.928. The van der Waals surface area contributed by atoms with Crippen LogP contribution in [0.3, 0.4) is 0 Å². The summed E-state index contributed by atoms with van der Waals surface area (Å²) in [6.45, 7) is 5.68. The van der Waals surface area contributed by atoms with E-state index in [1.807, 2.05) is 0 Å². The van der Waals surface area contributed by atoms with Gasteiger partial charge in [-0.15, -0.1) is 0 Å². The Morgan fingerprint density at radius 2 is 1.87 bits per heavy atom. The number of carbonyl (C=O) groups is 1. The van der Waals surface area contributed by atoms with Crippen LogP contribution in [0.15, 0.2) is 0 Å². The van der Waals surface area contributed by atoms with Gasteiger partial charge in [0.2, 0.25) is 0 Å². The van der Waals surface area contributed by atoms with Crippen LogP contribution >= 0.6 is 0 Å². The van der Waals surface area contributed by atoms with Gasteiger partial charge in [-0.1, -0.05) is 0 Å². The number of rotatable bonds is 3. The number of nitrogens with two attached hydrogens (primary N) is 1. The molecule has 0 radical (unpaired) electrons. The van der Waals surface area contributed by atoms with E-state index < -0.39 is 11.6 Å². The topological polar surface area (TPSA) is 116 Å². The summed E-state index contributed by atoms with van der Waals surface area (Å²) in [7, 11) is 3.04. The predicted octanol–water partition coefficient (Wildman–Crippen LogP) is -1.34. The maximum Gasteiger partial charge on any atom is 0.323 e. The van der Waals surface area contributed by atoms with Crippen molar-refractivity contribution in [3.63, 3.8) is 0 Å². The largest absolute Gasteiger partial charge is 0.468 e. The van der Waals surface area contributed by atoms with E-state index in [4.69, 9.17) is 10.8 Å². The van der Waals surface area contributed by atoms with Crippen molar-refractivity contribution >= 4 is 5.97 Å². The molecule has 0 aromatic rings. The smallest absolute Gasteiger partial charge is 0.323 e. The molecule has 0 aromatic heterocycles. The van der Waals surface area contributed by atoms with Crippen molar-refractivity contribution in [3.05, 3.63) is 0 Å². The van der Waals surface area contributed by atoms with E-state index >= 15 is 0 Å². The van der Waals surface area contributed by atoms with Crippen LogP contribution in [0.2, 0.25) is 0 Å². The van der Waals surface area contributed by atoms with Crippen molar-refractivity contribution in [1.82, 2.24) is 5.32 Å². The first-order valence-electron chi connectivity index (χ1n) is 4.42. The molecule has 94 valence electrons. The number of nitrogens with one attached hydrogen (secondary N) is 1. The Bertz CT molecular complexity index is 151. The predicted molar refractivity (Wildman–Crippen MR) is 59.5 cm³/mol. The quantitative estimate of drug-likeness (QED) is 0.513. The van der Waals surface area contributed by atoms with E-state index in [2.05, 4.69) is 10.1 Å². The highest BCUT2D eigenvalue weighted by Crippen LogP contribution is 1.93. The molecule has 0 aliphatic rings. The zero-order valence-electron chi connectivity index (χ0n) is 10.1. The number of carbonyl (C=O) groups excluding carboxylic acids is 1. The normalized spacial score (nSPS) is 11.7. The average molecular weight is 224 g/mol. The molecule has 0 fully saturated rings. The molecule has 0 bridgehead atoms. The highest BCUT2D eigenvalue weighted by molar-refractivity contribution is 5.75. The van der Waals surface area contributed by atoms with Gasteiger partial charge in [-0.05, 0) is 27.8 Å². The SMILES string of the molecule is CC(C)(C)O.CNC[C@H](N)C(=O)OC.O. The third kappa shape index (κ3) is 24.7. The molecule has 0 spiro atoms. The number of methoxy groups -OCH3 is 1. The van der Waals surface area contributed by atoms with Gasteiger partial charge in [0.05, 0.1) is 12.7 Å². The number of hydrogen-bond donors (Lipinski definition) is 3. The fourth-order valence-electron chi connectivity index (χ4n) is 0.455. The molecular formula is C9H24N2O4. The van der Waals surface area contributed by atoms with Gasteiger partial charge in [0.25, 0.3) is 0 Å². The van der Waals surface area contributed by atoms with Crippen LogP contribution in [0, 0.1) is 0 Å². The van der Waals surface area contributed by atoms with Gasteiger partial charge in [-0.25, -0.2) is 0 Å². The van der Waals surface area contributed by atoms with Crippen molar-refractivity contribution in [3.8, 4) is 0 Å². The van der Waals surface area contributed by atoms with Crippen molar-refractivity contribution in [1.29, 1.82) is 0 Å². The lowest BCUT2D eigenvalue weighted by Gasteiger charge is -2.06. The molecule has 0 rings (SSSR count). The maximum atomic E-state index is 10.5. The first-order chi connectivity index (χ1) is 6.22. The van der Waals surface area contributed by atoms with Gasteiger partial charge < -0.3 is 26.4 Å². The second-order valence-electron chi connectivity index (χ2n) is 3.86. The van der Waals surface area contributed by atoms with E-state index in [0.717, 1.165) is 0 Å². The van der Waals surface area contributed by atoms with Crippen molar-refractivity contribution in [2.75, 3.05) is 20.7 Å². The molecule has 6 heteroatoms. The molecule has 0 unspecified atom stereocenters. The van der Waals surface area contributed by atoms with Gasteiger partial charge in [-0.3, -0.25) is 4.79 Å². The van der Waals surface area contributed by atoms with Crippen LogP contribution < -0.4 is 11.1 Å². The number of ether oxygens (including phenoxy) is 1. The van der Waals surface area contributed by atoms with Crippen LogP contribution in [0.5, 0.6) is 0 Å². The summed E-state index contributed by atoms with van der Waals surface area (Å²) in [5.74, 6) is -0.385. The Morgan fingerprint density at radius 3 is 2.07 bits per heavy atom. The Balaban J connectivity index is -0.000000208. The summed E-state index contributed by atoms with van der Waals surface area (Å²) < 4.78 is 4.36. The first-order valence-corrected chi connectivity index (χ1v) is 4.42. The molecule has 1 atom stereocenters. The zero-order chi connectivity index (χ0) is 11.8. The number of hydrogen-bond acceptors (Lipinski definition) is 5. The third-order valence-corrected chi connectivity index (χ3v) is 0.928. The molecule has 0 saturated carbocycles. The molecule has 0 aliphatic heterocycles. The van der Waals surface area contributed by atoms with Gasteiger partial charge in [0.1, 0.15) is 6.04 Å². The molecule has 0 aromatic carbocycles. The van der Waals surface area contributed by atoms with Crippen LogP contribution in [-0.2, 0) is 9.53 Å². The highest BCUT2D eigenvalue weighted by Gasteiger charge is 2.10. The summed E-state index contributed by atoms with van der Waals surface area (Å²) in [5.41, 5.74) is 4.80. The lowest BCUT2D eigenvalue weighted by atomic mass is 10.2. The lowest BCUT2D eigenvalue weighted by Crippen LogP contribution is -2.39. The Morgan fingerprint density at radius 1 is 1.53 bits per heavy atom. The molecule has 0 saturated heterocycles. The standard InChI is InChI=1S/C5H12N2O2.C4H10O.H2O/c1-7-3-4(6)5(8)9-2;1-4(2,3)5;/h4,7H,3,6H2,1-2H3;5H,1-3H3;1H2/t4-;;/m0../s1. The number of likely N-dealkylation sites (N-methyl/N-ethyl adjacent to an activating group) is 1. The van der Waals surface area contributed by atoms with Gasteiger partial charge in [0.15, 0.2) is 0 Å². The minimum atomic E-state index is -0.542. The minimum absolute atomic E-state index is 0. The minimum Gasteiger partial charge on any atom is -0.468 e. The molecule has 15 heavy (non-hydrogen) atoms. The second kappa shape index (κ2) is 9.85. The molecule has 6 nitrogen and oxygen atoms in total. The molecule has 6 N–H and O–H groups in total. The molecule has 0 aliphatic carbocycles. The van der Waals surface area contributed by atoms with Crippen LogP contribution in [0.25, 0.3) is 0 Å². The van der Waals surface area contributed by atoms with Crippen LogP contribution in [-0.4, -0.2) is 48.9 Å². The van der Waals surface area contributed by atoms with Gasteiger partial charge in [0, 0.05) is 6.54 Å². The Hall–Kier alpha value is -0.690. The van der Waals surface area contributed by atoms with E-state index in [9.17, 15) is 4.79 Å². The fourth-order valence-corrected chi connectivity index (χ4v) is 0.455. The van der Waals surface area contributed by atoms with Gasteiger partial charge in [-0.2, -0.15) is 0 Å². The number of aliphatic hydroxyl groups is 1. The van der Waals surface area contributed by atoms with Gasteiger partial charge >= 0.3 is 5.97 Å². The molecule has 0 amide bonds. The van der Waals surface area contributed by atoms with E-state index in [1.54, 1.807) is 27.8 Å². The zero-order valence-corrected chi connectivity index (χ0v) is 10.1. The first kappa shape index (κ1) is 19.8. The summed E-state index contributed by atoms with van der Waals surface area (Å²) in [6, 6.07) is -0.542. The Kier molecular flexibility index (Phi) is 13.0. The Labute approximate surface area is 91.1 Å². The number of esters is 1. The van der Waals surface area contributed by atoms with Crippen molar-refractivity contribution < 1.29 is 20.1 Å². The monoisotopic (exact) mass is 224 g/mol. The maximum absolute atomic E-state index is 10.5. The average Bonchev–Trinajstić information content (AvgIpc) is 2.00. The summed E-state index contributed by atoms with van der Waals surface area (Å²) >= 11 is 0. The van der Waals surface area contributed by atoms with E-state index in [1.165, 1.54) is 7.11 Å². The summed E-state index contributed by atoms with van der Waals surface area (Å²) in [6.07, 6.45) is 0. The molecule has 0 heterocycles. The molecular weight excluding hydrogens is 200 g/mol. The van der Waals surface area contributed by atoms with Crippen molar-refractivity contribution in [2.45, 2.75) is 32.4 Å². The van der Waals surface area contributed by atoms with Crippen molar-refractivity contribution in [2.24, 2.45) is 5.73 Å². The summed E-state index contributed by atoms with van der Waals surface area (Å²) in [4.78, 5) is 10.5. The fraction of sp³-hybridized carbons (Fsp3) is 0.889. The van der Waals surface area contributed by atoms with Crippen LogP contribution in [0.4, 0.5) is 0 Å². The second-order valence-corrected chi connectivity index (χ2v) is 3.86. The van der Waals surface area contributed by atoms with E-state index in [-0.39, 0.29) is 11.4 Å². The highest BCUT2D eigenvalue weighted by atomic mass is 16.5. The lowest BCUT2D eigenvalue weighted by molar-refractivity contribution is -0.142.